The van der Waals surface area contributed by atoms with E-state index < -0.39 is 5.41 Å². The molecule has 1 saturated heterocycles. The summed E-state index contributed by atoms with van der Waals surface area (Å²) in [6.45, 7) is 4.51. The van der Waals surface area contributed by atoms with Crippen LogP contribution in [-0.4, -0.2) is 33.6 Å². The number of carbonyl (C=O) groups is 3. The van der Waals surface area contributed by atoms with E-state index in [0.717, 1.165) is 43.6 Å². The topological polar surface area (TPSA) is 59.4 Å². The molecule has 4 rings (SSSR count). The van der Waals surface area contributed by atoms with Gasteiger partial charge in [0.15, 0.2) is 5.78 Å². The summed E-state index contributed by atoms with van der Waals surface area (Å²) >= 11 is 1.69. The van der Waals surface area contributed by atoms with Crippen molar-refractivity contribution in [3.63, 3.8) is 0 Å². The van der Waals surface area contributed by atoms with Gasteiger partial charge in [0.05, 0.1) is 18.5 Å². The van der Waals surface area contributed by atoms with E-state index in [4.69, 9.17) is 0 Å². The molecule has 142 valence electrons. The predicted octanol–water partition coefficient (Wildman–Crippen LogP) is 3.72. The Balaban J connectivity index is 1.53. The molecule has 1 saturated carbocycles. The highest BCUT2D eigenvalue weighted by Crippen LogP contribution is 2.46. The van der Waals surface area contributed by atoms with E-state index in [2.05, 4.69) is 10.6 Å². The standard InChI is InChI=1S/C21H24N2O3S/c1-14-10-17(15(2)22(14)12-16-6-5-9-27-16)18(24)13-23-19(25)11-21(20(23)26)7-3-4-8-21/h5-6,9-10H,3-4,7-8,11-13H2,1-2H3. The molecule has 0 aromatic carbocycles. The number of hydrogen-bond acceptors (Lipinski definition) is 4. The average molecular weight is 385 g/mol. The predicted molar refractivity (Wildman–Crippen MR) is 104 cm³/mol. The second-order valence-corrected chi connectivity index (χ2v) is 8.85. The lowest BCUT2D eigenvalue weighted by Crippen LogP contribution is -2.38. The van der Waals surface area contributed by atoms with Gasteiger partial charge in [0, 0.05) is 28.2 Å². The fraction of sp³-hybridized carbons (Fsp3) is 0.476. The van der Waals surface area contributed by atoms with Crippen LogP contribution in [0, 0.1) is 19.3 Å². The van der Waals surface area contributed by atoms with Crippen LogP contribution in [0.3, 0.4) is 0 Å². The summed E-state index contributed by atoms with van der Waals surface area (Å²) < 4.78 is 2.12. The molecule has 0 bridgehead atoms. The summed E-state index contributed by atoms with van der Waals surface area (Å²) in [5.74, 6) is -0.481. The molecule has 0 radical (unpaired) electrons. The maximum Gasteiger partial charge on any atom is 0.236 e. The smallest absolute Gasteiger partial charge is 0.236 e. The van der Waals surface area contributed by atoms with Crippen LogP contribution in [0.5, 0.6) is 0 Å². The SMILES string of the molecule is Cc1cc(C(=O)CN2C(=O)CC3(CCCC3)C2=O)c(C)n1Cc1cccs1. The highest BCUT2D eigenvalue weighted by atomic mass is 32.1. The second-order valence-electron chi connectivity index (χ2n) is 7.82. The minimum atomic E-state index is -0.520. The number of likely N-dealkylation sites (tertiary alicyclic amines) is 1. The van der Waals surface area contributed by atoms with E-state index in [1.54, 1.807) is 11.3 Å². The Kier molecular flexibility index (Phi) is 4.54. The maximum atomic E-state index is 12.9. The maximum absolute atomic E-state index is 12.9. The van der Waals surface area contributed by atoms with Crippen molar-refractivity contribution >= 4 is 28.9 Å². The van der Waals surface area contributed by atoms with Crippen molar-refractivity contribution in [1.29, 1.82) is 0 Å². The minimum Gasteiger partial charge on any atom is -0.343 e. The van der Waals surface area contributed by atoms with Gasteiger partial charge in [-0.05, 0) is 44.2 Å². The van der Waals surface area contributed by atoms with E-state index in [1.807, 2.05) is 31.4 Å². The molecule has 3 heterocycles. The van der Waals surface area contributed by atoms with Gasteiger partial charge in [-0.1, -0.05) is 18.9 Å². The monoisotopic (exact) mass is 384 g/mol. The zero-order valence-corrected chi connectivity index (χ0v) is 16.6. The first kappa shape index (κ1) is 18.2. The summed E-state index contributed by atoms with van der Waals surface area (Å²) in [5.41, 5.74) is 1.99. The number of rotatable bonds is 5. The normalized spacial score (nSPS) is 18.8. The molecule has 1 aliphatic heterocycles. The van der Waals surface area contributed by atoms with E-state index >= 15 is 0 Å². The number of nitrogens with zero attached hydrogens (tertiary/aromatic N) is 2. The van der Waals surface area contributed by atoms with Gasteiger partial charge in [0.1, 0.15) is 0 Å². The number of aryl methyl sites for hydroxylation is 1. The van der Waals surface area contributed by atoms with Gasteiger partial charge in [-0.2, -0.15) is 0 Å². The summed E-state index contributed by atoms with van der Waals surface area (Å²) in [4.78, 5) is 40.6. The van der Waals surface area contributed by atoms with Gasteiger partial charge in [-0.15, -0.1) is 11.3 Å². The quantitative estimate of drug-likeness (QED) is 0.583. The highest BCUT2D eigenvalue weighted by molar-refractivity contribution is 7.09. The summed E-state index contributed by atoms with van der Waals surface area (Å²) in [7, 11) is 0. The number of carbonyl (C=O) groups excluding carboxylic acids is 3. The summed E-state index contributed by atoms with van der Waals surface area (Å²) in [6.07, 6.45) is 3.81. The molecule has 2 fully saturated rings. The molecule has 0 N–H and O–H groups in total. The Morgan fingerprint density at radius 3 is 2.63 bits per heavy atom. The van der Waals surface area contributed by atoms with Crippen molar-refractivity contribution in [2.75, 3.05) is 6.54 Å². The third kappa shape index (κ3) is 3.06. The fourth-order valence-corrected chi connectivity index (χ4v) is 5.27. The average Bonchev–Trinajstić information content (AvgIpc) is 3.40. The zero-order chi connectivity index (χ0) is 19.2. The fourth-order valence-electron chi connectivity index (χ4n) is 4.58. The van der Waals surface area contributed by atoms with Crippen molar-refractivity contribution in [3.05, 3.63) is 45.4 Å². The van der Waals surface area contributed by atoms with Crippen LogP contribution in [0.4, 0.5) is 0 Å². The van der Waals surface area contributed by atoms with Crippen molar-refractivity contribution in [1.82, 2.24) is 9.47 Å². The zero-order valence-electron chi connectivity index (χ0n) is 15.8. The molecule has 27 heavy (non-hydrogen) atoms. The summed E-state index contributed by atoms with van der Waals surface area (Å²) in [6, 6.07) is 5.97. The van der Waals surface area contributed by atoms with Crippen molar-refractivity contribution in [2.45, 2.75) is 52.5 Å². The lowest BCUT2D eigenvalue weighted by molar-refractivity contribution is -0.140. The van der Waals surface area contributed by atoms with Crippen molar-refractivity contribution in [2.24, 2.45) is 5.41 Å². The number of amides is 2. The van der Waals surface area contributed by atoms with Gasteiger partial charge in [-0.25, -0.2) is 0 Å². The van der Waals surface area contributed by atoms with Crippen LogP contribution in [0.15, 0.2) is 23.6 Å². The molecule has 2 aromatic rings. The lowest BCUT2D eigenvalue weighted by Gasteiger charge is -2.20. The van der Waals surface area contributed by atoms with Gasteiger partial charge >= 0.3 is 0 Å². The van der Waals surface area contributed by atoms with Crippen LogP contribution in [0.1, 0.15) is 58.7 Å². The molecule has 2 aromatic heterocycles. The van der Waals surface area contributed by atoms with E-state index in [9.17, 15) is 14.4 Å². The van der Waals surface area contributed by atoms with Crippen LogP contribution >= 0.6 is 11.3 Å². The number of Topliss-reactive ketones (excluding diaryl/α,β-unsaturated/α-hetero) is 1. The van der Waals surface area contributed by atoms with Gasteiger partial charge < -0.3 is 4.57 Å². The van der Waals surface area contributed by atoms with E-state index in [0.29, 0.717) is 5.56 Å². The van der Waals surface area contributed by atoms with E-state index in [-0.39, 0.29) is 30.6 Å². The van der Waals surface area contributed by atoms with Crippen LogP contribution in [0.25, 0.3) is 0 Å². The van der Waals surface area contributed by atoms with Gasteiger partial charge in [-0.3, -0.25) is 19.3 Å². The Hall–Kier alpha value is -2.21. The molecular formula is C21H24N2O3S. The van der Waals surface area contributed by atoms with Crippen LogP contribution in [0.2, 0.25) is 0 Å². The third-order valence-corrected chi connectivity index (χ3v) is 6.98. The van der Waals surface area contributed by atoms with Gasteiger partial charge in [0.2, 0.25) is 11.8 Å². The molecular weight excluding hydrogens is 360 g/mol. The number of imide groups is 1. The lowest BCUT2D eigenvalue weighted by atomic mass is 9.84. The highest BCUT2D eigenvalue weighted by Gasteiger charge is 2.52. The molecule has 0 unspecified atom stereocenters. The molecule has 5 nitrogen and oxygen atoms in total. The first-order chi connectivity index (χ1) is 12.9. The van der Waals surface area contributed by atoms with Gasteiger partial charge in [0.25, 0.3) is 0 Å². The largest absolute Gasteiger partial charge is 0.343 e. The number of ketones is 1. The Morgan fingerprint density at radius 1 is 1.22 bits per heavy atom. The summed E-state index contributed by atoms with van der Waals surface area (Å²) in [5, 5.41) is 2.04. The minimum absolute atomic E-state index is 0.134. The second kappa shape index (κ2) is 6.75. The molecule has 2 amide bonds. The first-order valence-corrected chi connectivity index (χ1v) is 10.4. The van der Waals surface area contributed by atoms with E-state index in [1.165, 1.54) is 9.78 Å². The molecule has 1 spiro atoms. The number of hydrogen-bond donors (Lipinski definition) is 0. The first-order valence-electron chi connectivity index (χ1n) is 9.48. The molecule has 6 heteroatoms. The van der Waals surface area contributed by atoms with Crippen LogP contribution in [-0.2, 0) is 16.1 Å². The number of thiophene rings is 1. The molecule has 2 aliphatic rings. The Morgan fingerprint density at radius 2 is 1.96 bits per heavy atom. The number of aromatic nitrogens is 1. The Labute approximate surface area is 163 Å². The Bertz CT molecular complexity index is 904. The molecule has 0 atom stereocenters. The molecule has 1 aliphatic carbocycles. The third-order valence-electron chi connectivity index (χ3n) is 6.12. The van der Waals surface area contributed by atoms with Crippen molar-refractivity contribution < 1.29 is 14.4 Å². The van der Waals surface area contributed by atoms with Crippen molar-refractivity contribution in [3.8, 4) is 0 Å². The van der Waals surface area contributed by atoms with Crippen LogP contribution < -0.4 is 0 Å².